The van der Waals surface area contributed by atoms with Gasteiger partial charge in [-0.2, -0.15) is 5.10 Å². The third-order valence-corrected chi connectivity index (χ3v) is 8.03. The average molecular weight is 475 g/mol. The van der Waals surface area contributed by atoms with Crippen LogP contribution in [0.1, 0.15) is 39.6 Å². The van der Waals surface area contributed by atoms with E-state index in [1.54, 1.807) is 10.7 Å². The van der Waals surface area contributed by atoms with Crippen molar-refractivity contribution in [3.05, 3.63) is 83.0 Å². The van der Waals surface area contributed by atoms with Crippen LogP contribution in [0, 0.1) is 13.8 Å². The number of rotatable bonds is 5. The minimum absolute atomic E-state index is 0.0371. The zero-order valence-electron chi connectivity index (χ0n) is 19.2. The van der Waals surface area contributed by atoms with E-state index in [0.717, 1.165) is 16.7 Å². The third-order valence-electron chi connectivity index (χ3n) is 6.28. The van der Waals surface area contributed by atoms with Crippen LogP contribution in [0.25, 0.3) is 22.3 Å². The third kappa shape index (κ3) is 4.33. The SMILES string of the molecule is Cc1ccc(CNC(=O)c2cc(-c3ccccc3)nc3c2c(C)nn3C2CCS(=O)(=O)C2)cc1. The van der Waals surface area contributed by atoms with Crippen LogP contribution in [0.15, 0.2) is 60.7 Å². The topological polar surface area (TPSA) is 93.9 Å². The number of hydrogen-bond acceptors (Lipinski definition) is 5. The first-order chi connectivity index (χ1) is 16.3. The predicted octanol–water partition coefficient (Wildman–Crippen LogP) is 4.00. The van der Waals surface area contributed by atoms with Crippen molar-refractivity contribution >= 4 is 26.8 Å². The molecule has 0 spiro atoms. The molecular weight excluding hydrogens is 448 g/mol. The van der Waals surface area contributed by atoms with Gasteiger partial charge in [0.2, 0.25) is 0 Å². The van der Waals surface area contributed by atoms with Gasteiger partial charge in [-0.1, -0.05) is 60.2 Å². The van der Waals surface area contributed by atoms with Gasteiger partial charge in [-0.25, -0.2) is 18.1 Å². The molecule has 34 heavy (non-hydrogen) atoms. The van der Waals surface area contributed by atoms with Gasteiger partial charge < -0.3 is 5.32 Å². The Bertz CT molecular complexity index is 1480. The Hall–Kier alpha value is -3.52. The predicted molar refractivity (Wildman–Crippen MR) is 132 cm³/mol. The van der Waals surface area contributed by atoms with Gasteiger partial charge in [-0.15, -0.1) is 0 Å². The summed E-state index contributed by atoms with van der Waals surface area (Å²) in [5, 5.41) is 8.34. The molecule has 0 radical (unpaired) electrons. The molecular formula is C26H26N4O3S. The molecule has 174 valence electrons. The second kappa shape index (κ2) is 8.68. The Morgan fingerprint density at radius 1 is 1.09 bits per heavy atom. The lowest BCUT2D eigenvalue weighted by molar-refractivity contribution is 0.0952. The van der Waals surface area contributed by atoms with Crippen LogP contribution < -0.4 is 5.32 Å². The lowest BCUT2D eigenvalue weighted by Gasteiger charge is -2.12. The van der Waals surface area contributed by atoms with E-state index in [2.05, 4.69) is 10.4 Å². The van der Waals surface area contributed by atoms with Crippen molar-refractivity contribution in [2.75, 3.05) is 11.5 Å². The highest BCUT2D eigenvalue weighted by Gasteiger charge is 2.32. The lowest BCUT2D eigenvalue weighted by Crippen LogP contribution is -2.23. The summed E-state index contributed by atoms with van der Waals surface area (Å²) < 4.78 is 26.0. The maximum absolute atomic E-state index is 13.4. The number of nitrogens with one attached hydrogen (secondary N) is 1. The highest BCUT2D eigenvalue weighted by atomic mass is 32.2. The summed E-state index contributed by atoms with van der Waals surface area (Å²) in [6.45, 7) is 4.26. The van der Waals surface area contributed by atoms with Gasteiger partial charge >= 0.3 is 0 Å². The maximum atomic E-state index is 13.4. The van der Waals surface area contributed by atoms with Gasteiger partial charge in [0.25, 0.3) is 5.91 Å². The van der Waals surface area contributed by atoms with Gasteiger partial charge in [-0.3, -0.25) is 4.79 Å². The van der Waals surface area contributed by atoms with E-state index in [0.29, 0.717) is 41.0 Å². The van der Waals surface area contributed by atoms with Crippen LogP contribution in [0.2, 0.25) is 0 Å². The smallest absolute Gasteiger partial charge is 0.252 e. The summed E-state index contributed by atoms with van der Waals surface area (Å²) in [4.78, 5) is 18.3. The van der Waals surface area contributed by atoms with Gasteiger partial charge in [-0.05, 0) is 31.9 Å². The second-order valence-corrected chi connectivity index (χ2v) is 11.1. The number of nitrogens with zero attached hydrogens (tertiary/aromatic N) is 3. The molecule has 1 aliphatic heterocycles. The molecule has 5 rings (SSSR count). The fourth-order valence-electron chi connectivity index (χ4n) is 4.46. The van der Waals surface area contributed by atoms with Crippen LogP contribution in [0.3, 0.4) is 0 Å². The molecule has 0 aliphatic carbocycles. The molecule has 1 aliphatic rings. The standard InChI is InChI=1S/C26H26N4O3S/c1-17-8-10-19(11-9-17)15-27-26(31)22-14-23(20-6-4-3-5-7-20)28-25-24(22)18(2)29-30(25)21-12-13-34(32,33)16-21/h3-11,14,21H,12-13,15-16H2,1-2H3,(H,27,31). The van der Waals surface area contributed by atoms with Crippen molar-refractivity contribution in [1.29, 1.82) is 0 Å². The number of carbonyl (C=O) groups is 1. The number of aromatic nitrogens is 3. The number of hydrogen-bond donors (Lipinski definition) is 1. The zero-order chi connectivity index (χ0) is 23.9. The Labute approximate surface area is 198 Å². The normalized spacial score (nSPS) is 17.2. The molecule has 3 heterocycles. The largest absolute Gasteiger partial charge is 0.348 e. The van der Waals surface area contributed by atoms with Crippen molar-refractivity contribution < 1.29 is 13.2 Å². The summed E-state index contributed by atoms with van der Waals surface area (Å²) in [6, 6.07) is 19.2. The number of pyridine rings is 1. The van der Waals surface area contributed by atoms with Gasteiger partial charge in [0.15, 0.2) is 15.5 Å². The monoisotopic (exact) mass is 474 g/mol. The van der Waals surface area contributed by atoms with E-state index in [-0.39, 0.29) is 23.5 Å². The highest BCUT2D eigenvalue weighted by Crippen LogP contribution is 2.32. The van der Waals surface area contributed by atoms with Crippen molar-refractivity contribution in [2.24, 2.45) is 0 Å². The fraction of sp³-hybridized carbons (Fsp3) is 0.269. The first-order valence-corrected chi connectivity index (χ1v) is 13.1. The molecule has 1 saturated heterocycles. The fourth-order valence-corrected chi connectivity index (χ4v) is 6.15. The van der Waals surface area contributed by atoms with E-state index in [1.165, 1.54) is 0 Å². The molecule has 8 heteroatoms. The number of aryl methyl sites for hydroxylation is 2. The van der Waals surface area contributed by atoms with E-state index in [9.17, 15) is 13.2 Å². The van der Waals surface area contributed by atoms with E-state index < -0.39 is 9.84 Å². The van der Waals surface area contributed by atoms with Crippen molar-refractivity contribution in [3.63, 3.8) is 0 Å². The number of amides is 1. The molecule has 1 amide bonds. The van der Waals surface area contributed by atoms with Crippen LogP contribution in [-0.4, -0.2) is 40.6 Å². The Kier molecular flexibility index (Phi) is 5.69. The van der Waals surface area contributed by atoms with Crippen molar-refractivity contribution in [1.82, 2.24) is 20.1 Å². The van der Waals surface area contributed by atoms with Crippen LogP contribution in [0.4, 0.5) is 0 Å². The molecule has 1 fully saturated rings. The lowest BCUT2D eigenvalue weighted by atomic mass is 10.0. The second-order valence-electron chi connectivity index (χ2n) is 8.87. The summed E-state index contributed by atoms with van der Waals surface area (Å²) in [7, 11) is -3.10. The number of carbonyl (C=O) groups excluding carboxylic acids is 1. The van der Waals surface area contributed by atoms with Gasteiger partial charge in [0.05, 0.1) is 39.9 Å². The minimum atomic E-state index is -3.10. The zero-order valence-corrected chi connectivity index (χ0v) is 20.0. The molecule has 1 N–H and O–H groups in total. The molecule has 4 aromatic rings. The van der Waals surface area contributed by atoms with Crippen molar-refractivity contribution in [2.45, 2.75) is 32.9 Å². The first-order valence-electron chi connectivity index (χ1n) is 11.3. The summed E-state index contributed by atoms with van der Waals surface area (Å²) in [6.07, 6.45) is 0.491. The summed E-state index contributed by atoms with van der Waals surface area (Å²) in [5.41, 5.74) is 5.39. The van der Waals surface area contributed by atoms with E-state index in [4.69, 9.17) is 4.98 Å². The Morgan fingerprint density at radius 3 is 2.50 bits per heavy atom. The maximum Gasteiger partial charge on any atom is 0.252 e. The minimum Gasteiger partial charge on any atom is -0.348 e. The van der Waals surface area contributed by atoms with E-state index in [1.807, 2.05) is 68.4 Å². The number of benzene rings is 2. The molecule has 1 atom stereocenters. The number of sulfone groups is 1. The van der Waals surface area contributed by atoms with Gasteiger partial charge in [0.1, 0.15) is 0 Å². The number of fused-ring (bicyclic) bond motifs is 1. The van der Waals surface area contributed by atoms with Crippen LogP contribution >= 0.6 is 0 Å². The Balaban J connectivity index is 1.59. The van der Waals surface area contributed by atoms with Crippen LogP contribution in [-0.2, 0) is 16.4 Å². The average Bonchev–Trinajstić information content (AvgIpc) is 3.37. The molecule has 0 saturated carbocycles. The van der Waals surface area contributed by atoms with Crippen molar-refractivity contribution in [3.8, 4) is 11.3 Å². The van der Waals surface area contributed by atoms with Gasteiger partial charge in [0, 0.05) is 12.1 Å². The summed E-state index contributed by atoms with van der Waals surface area (Å²) >= 11 is 0. The highest BCUT2D eigenvalue weighted by molar-refractivity contribution is 7.91. The Morgan fingerprint density at radius 2 is 1.82 bits per heavy atom. The molecule has 0 bridgehead atoms. The van der Waals surface area contributed by atoms with E-state index >= 15 is 0 Å². The summed E-state index contributed by atoms with van der Waals surface area (Å²) in [5.74, 6) is -0.0395. The molecule has 2 aromatic heterocycles. The quantitative estimate of drug-likeness (QED) is 0.472. The molecule has 2 aromatic carbocycles. The molecule has 7 nitrogen and oxygen atoms in total. The van der Waals surface area contributed by atoms with Crippen LogP contribution in [0.5, 0.6) is 0 Å². The molecule has 1 unspecified atom stereocenters. The first kappa shape index (κ1) is 22.3.